The van der Waals surface area contributed by atoms with Crippen LogP contribution in [0.1, 0.15) is 35.6 Å². The first-order valence-electron chi connectivity index (χ1n) is 9.45. The van der Waals surface area contributed by atoms with E-state index in [2.05, 4.69) is 30.2 Å². The topological polar surface area (TPSA) is 113 Å². The molecule has 33 heavy (non-hydrogen) atoms. The highest BCUT2D eigenvalue weighted by Gasteiger charge is 2.37. The second-order valence-electron chi connectivity index (χ2n) is 6.60. The zero-order valence-corrected chi connectivity index (χ0v) is 17.8. The van der Waals surface area contributed by atoms with Gasteiger partial charge >= 0.3 is 6.18 Å². The molecule has 0 unspecified atom stereocenters. The molecule has 0 aliphatic rings. The quantitative estimate of drug-likeness (QED) is 0.335. The van der Waals surface area contributed by atoms with E-state index in [-0.39, 0.29) is 28.4 Å². The first-order chi connectivity index (χ1) is 15.7. The monoisotopic (exact) mass is 478 g/mol. The van der Waals surface area contributed by atoms with Crippen LogP contribution in [0.25, 0.3) is 23.6 Å². The van der Waals surface area contributed by atoms with E-state index in [1.165, 1.54) is 18.2 Å². The second-order valence-corrected chi connectivity index (χ2v) is 6.99. The maximum absolute atomic E-state index is 13.9. The summed E-state index contributed by atoms with van der Waals surface area (Å²) in [4.78, 5) is 15.9. The molecule has 4 rings (SSSR count). The first-order valence-corrected chi connectivity index (χ1v) is 9.82. The number of hydrogen-bond acceptors (Lipinski definition) is 9. The molecule has 0 saturated carbocycles. The average Bonchev–Trinajstić information content (AvgIpc) is 3.40. The van der Waals surface area contributed by atoms with Crippen LogP contribution in [0.15, 0.2) is 33.6 Å². The molecule has 170 valence electrons. The van der Waals surface area contributed by atoms with E-state index < -0.39 is 17.5 Å². The second kappa shape index (κ2) is 8.98. The van der Waals surface area contributed by atoms with Crippen LogP contribution < -0.4 is 4.74 Å². The molecule has 0 aromatic carbocycles. The molecule has 0 atom stereocenters. The summed E-state index contributed by atoms with van der Waals surface area (Å²) in [5.74, 6) is 0.176. The summed E-state index contributed by atoms with van der Waals surface area (Å²) >= 11 is 6.01. The molecule has 9 nitrogen and oxygen atoms in total. The van der Waals surface area contributed by atoms with Crippen LogP contribution >= 0.6 is 11.6 Å². The van der Waals surface area contributed by atoms with Gasteiger partial charge in [0.25, 0.3) is 11.8 Å². The number of aryl methyl sites for hydroxylation is 2. The Morgan fingerprint density at radius 1 is 1.06 bits per heavy atom. The van der Waals surface area contributed by atoms with Crippen LogP contribution in [-0.2, 0) is 12.6 Å². The fraction of sp³-hybridized carbons (Fsp3) is 0.200. The lowest BCUT2D eigenvalue weighted by atomic mass is 10.1. The Bertz CT molecular complexity index is 1320. The van der Waals surface area contributed by atoms with Crippen LogP contribution in [0, 0.1) is 6.92 Å². The summed E-state index contributed by atoms with van der Waals surface area (Å²) in [5, 5.41) is 7.33. The molecule has 13 heteroatoms. The van der Waals surface area contributed by atoms with Gasteiger partial charge in [-0.15, -0.1) is 0 Å². The van der Waals surface area contributed by atoms with Gasteiger partial charge in [-0.3, -0.25) is 4.98 Å². The Morgan fingerprint density at radius 3 is 2.55 bits per heavy atom. The SMILES string of the molecule is CCc1noc(/C=C/c2cncc(Oc3cc(-c4nc(C)no4)cc(Cl)n3)c2C(F)(F)F)n1. The van der Waals surface area contributed by atoms with Gasteiger partial charge in [-0.2, -0.15) is 23.1 Å². The summed E-state index contributed by atoms with van der Waals surface area (Å²) in [6, 6.07) is 2.74. The van der Waals surface area contributed by atoms with Crippen LogP contribution in [0.3, 0.4) is 0 Å². The lowest BCUT2D eigenvalue weighted by Crippen LogP contribution is -2.10. The maximum atomic E-state index is 13.9. The van der Waals surface area contributed by atoms with Crippen molar-refractivity contribution in [2.75, 3.05) is 0 Å². The van der Waals surface area contributed by atoms with E-state index in [1.807, 2.05) is 6.92 Å². The van der Waals surface area contributed by atoms with Gasteiger partial charge < -0.3 is 13.8 Å². The minimum atomic E-state index is -4.77. The molecule has 0 fully saturated rings. The number of ether oxygens (including phenoxy) is 1. The Balaban J connectivity index is 1.71. The lowest BCUT2D eigenvalue weighted by molar-refractivity contribution is -0.138. The molecule has 4 aromatic heterocycles. The normalized spacial score (nSPS) is 11.9. The molecule has 0 N–H and O–H groups in total. The maximum Gasteiger partial charge on any atom is 0.420 e. The standard InChI is InChI=1S/C20H14ClF3N6O3/c1-3-15-28-16(32-30-15)5-4-11-8-25-9-13(18(11)20(22,23)24)31-17-7-12(6-14(21)27-17)19-26-10(2)29-33-19/h4-9H,3H2,1-2H3/b5-4+. The van der Waals surface area contributed by atoms with E-state index >= 15 is 0 Å². The number of alkyl halides is 3. The van der Waals surface area contributed by atoms with Gasteiger partial charge in [0.15, 0.2) is 17.4 Å². The third kappa shape index (κ3) is 5.17. The Kier molecular flexibility index (Phi) is 6.09. The number of hydrogen-bond donors (Lipinski definition) is 0. The number of aromatic nitrogens is 6. The molecule has 0 radical (unpaired) electrons. The van der Waals surface area contributed by atoms with E-state index in [0.717, 1.165) is 18.5 Å². The predicted molar refractivity (Wildman–Crippen MR) is 109 cm³/mol. The number of nitrogens with zero attached hydrogens (tertiary/aromatic N) is 6. The lowest BCUT2D eigenvalue weighted by Gasteiger charge is -2.15. The van der Waals surface area contributed by atoms with Crippen LogP contribution in [0.5, 0.6) is 11.6 Å². The smallest absolute Gasteiger partial charge is 0.420 e. The Labute approximate surface area is 189 Å². The Hall–Kier alpha value is -3.80. The van der Waals surface area contributed by atoms with Gasteiger partial charge in [0, 0.05) is 35.9 Å². The van der Waals surface area contributed by atoms with Crippen molar-refractivity contribution in [1.82, 2.24) is 30.2 Å². The van der Waals surface area contributed by atoms with Gasteiger partial charge in [-0.05, 0) is 19.1 Å². The predicted octanol–water partition coefficient (Wildman–Crippen LogP) is 5.42. The molecular weight excluding hydrogens is 465 g/mol. The van der Waals surface area contributed by atoms with Crippen molar-refractivity contribution in [1.29, 1.82) is 0 Å². The van der Waals surface area contributed by atoms with Gasteiger partial charge in [-0.25, -0.2) is 4.98 Å². The fourth-order valence-corrected chi connectivity index (χ4v) is 2.98. The van der Waals surface area contributed by atoms with E-state index in [1.54, 1.807) is 6.92 Å². The van der Waals surface area contributed by atoms with Gasteiger partial charge in [0.2, 0.25) is 5.88 Å². The first kappa shape index (κ1) is 22.4. The largest absolute Gasteiger partial charge is 0.437 e. The van der Waals surface area contributed by atoms with E-state index in [4.69, 9.17) is 25.4 Å². The van der Waals surface area contributed by atoms with Crippen molar-refractivity contribution < 1.29 is 27.0 Å². The van der Waals surface area contributed by atoms with Crippen molar-refractivity contribution in [2.45, 2.75) is 26.4 Å². The van der Waals surface area contributed by atoms with Crippen LogP contribution in [0.2, 0.25) is 5.15 Å². The zero-order chi connectivity index (χ0) is 23.6. The number of rotatable bonds is 6. The molecule has 0 bridgehead atoms. The number of halogens is 4. The molecule has 4 aromatic rings. The minimum Gasteiger partial charge on any atom is -0.437 e. The summed E-state index contributed by atoms with van der Waals surface area (Å²) in [6.07, 6.45) is 0.145. The van der Waals surface area contributed by atoms with Crippen molar-refractivity contribution in [3.8, 4) is 23.1 Å². The molecular formula is C20H14ClF3N6O3. The third-order valence-electron chi connectivity index (χ3n) is 4.19. The molecule has 4 heterocycles. The average molecular weight is 479 g/mol. The summed E-state index contributed by atoms with van der Waals surface area (Å²) in [5.41, 5.74) is -1.02. The molecule has 0 aliphatic carbocycles. The summed E-state index contributed by atoms with van der Waals surface area (Å²) in [7, 11) is 0. The highest BCUT2D eigenvalue weighted by atomic mass is 35.5. The zero-order valence-electron chi connectivity index (χ0n) is 17.1. The third-order valence-corrected chi connectivity index (χ3v) is 4.38. The van der Waals surface area contributed by atoms with Crippen LogP contribution in [-0.4, -0.2) is 30.2 Å². The Morgan fingerprint density at radius 2 is 1.88 bits per heavy atom. The molecule has 0 aliphatic heterocycles. The molecule has 0 amide bonds. The number of pyridine rings is 2. The summed E-state index contributed by atoms with van der Waals surface area (Å²) < 4.78 is 57.3. The van der Waals surface area contributed by atoms with Gasteiger partial charge in [0.05, 0.1) is 6.20 Å². The van der Waals surface area contributed by atoms with E-state index in [9.17, 15) is 13.2 Å². The fourth-order valence-electron chi connectivity index (χ4n) is 2.78. The highest BCUT2D eigenvalue weighted by molar-refractivity contribution is 6.29. The van der Waals surface area contributed by atoms with Crippen LogP contribution in [0.4, 0.5) is 13.2 Å². The molecule has 0 saturated heterocycles. The van der Waals surface area contributed by atoms with Crippen molar-refractivity contribution in [2.24, 2.45) is 0 Å². The van der Waals surface area contributed by atoms with Crippen molar-refractivity contribution in [3.05, 3.63) is 58.3 Å². The minimum absolute atomic E-state index is 0.0426. The van der Waals surface area contributed by atoms with Gasteiger partial charge in [0.1, 0.15) is 10.7 Å². The van der Waals surface area contributed by atoms with Crippen molar-refractivity contribution in [3.63, 3.8) is 0 Å². The summed E-state index contributed by atoms with van der Waals surface area (Å²) in [6.45, 7) is 3.44. The van der Waals surface area contributed by atoms with Gasteiger partial charge in [-0.1, -0.05) is 28.8 Å². The molecule has 0 spiro atoms. The highest BCUT2D eigenvalue weighted by Crippen LogP contribution is 2.41. The van der Waals surface area contributed by atoms with Crippen molar-refractivity contribution >= 4 is 23.8 Å². The van der Waals surface area contributed by atoms with E-state index in [0.29, 0.717) is 23.6 Å².